The van der Waals surface area contributed by atoms with E-state index in [9.17, 15) is 0 Å². The highest BCUT2D eigenvalue weighted by atomic mass is 15.1. The van der Waals surface area contributed by atoms with E-state index in [1.54, 1.807) is 0 Å². The van der Waals surface area contributed by atoms with E-state index >= 15 is 0 Å². The molecule has 5 heteroatoms. The molecule has 0 atom stereocenters. The van der Waals surface area contributed by atoms with Crippen molar-refractivity contribution in [2.75, 3.05) is 0 Å². The van der Waals surface area contributed by atoms with E-state index in [-0.39, 0.29) is 0 Å². The monoisotopic (exact) mass is 623 g/mol. The Morgan fingerprint density at radius 1 is 0.367 bits per heavy atom. The highest BCUT2D eigenvalue weighted by molar-refractivity contribution is 6.29. The summed E-state index contributed by atoms with van der Waals surface area (Å²) in [4.78, 5) is 8.19. The topological polar surface area (TPSA) is 23.5 Å². The lowest BCUT2D eigenvalue weighted by molar-refractivity contribution is 1.15. The van der Waals surface area contributed by atoms with Crippen LogP contribution in [-0.2, 0) is 0 Å². The molecule has 10 aromatic rings. The van der Waals surface area contributed by atoms with Crippen molar-refractivity contribution in [1.82, 2.24) is 13.7 Å². The summed E-state index contributed by atoms with van der Waals surface area (Å²) in [6.07, 6.45) is 0. The smallest absolute Gasteiger partial charge is 0.231 e. The normalized spacial score (nSPS) is 11.6. The minimum atomic E-state index is 0.479. The third-order valence-corrected chi connectivity index (χ3v) is 9.84. The third kappa shape index (κ3) is 3.67. The van der Waals surface area contributed by atoms with Crippen molar-refractivity contribution in [3.63, 3.8) is 0 Å². The van der Waals surface area contributed by atoms with Crippen LogP contribution in [-0.4, -0.2) is 13.7 Å². The fraction of sp³-hybridized carbons (Fsp3) is 0. The van der Waals surface area contributed by atoms with Gasteiger partial charge in [0.25, 0.3) is 0 Å². The van der Waals surface area contributed by atoms with E-state index in [2.05, 4.69) is 127 Å². The molecule has 0 saturated heterocycles. The average Bonchev–Trinajstić information content (AvgIpc) is 3.80. The summed E-state index contributed by atoms with van der Waals surface area (Å²) in [6.45, 7) is 16.8. The quantitative estimate of drug-likeness (QED) is 0.175. The lowest BCUT2D eigenvalue weighted by Gasteiger charge is -2.17. The molecule has 226 valence electrons. The zero-order valence-corrected chi connectivity index (χ0v) is 26.2. The first-order valence-corrected chi connectivity index (χ1v) is 16.2. The van der Waals surface area contributed by atoms with Crippen molar-refractivity contribution in [3.8, 4) is 17.1 Å². The summed E-state index contributed by atoms with van der Waals surface area (Å²) in [5.41, 5.74) is 9.70. The van der Waals surface area contributed by atoms with Crippen molar-refractivity contribution in [2.24, 2.45) is 0 Å². The van der Waals surface area contributed by atoms with Gasteiger partial charge in [0, 0.05) is 49.4 Å². The number of hydrogen-bond acceptors (Lipinski definition) is 0. The molecule has 0 amide bonds. The first-order valence-electron chi connectivity index (χ1n) is 16.2. The van der Waals surface area contributed by atoms with Crippen LogP contribution in [0.1, 0.15) is 0 Å². The van der Waals surface area contributed by atoms with Gasteiger partial charge in [-0.15, -0.1) is 0 Å². The van der Waals surface area contributed by atoms with Gasteiger partial charge in [0.05, 0.1) is 46.2 Å². The zero-order chi connectivity index (χ0) is 32.6. The van der Waals surface area contributed by atoms with E-state index in [0.29, 0.717) is 22.7 Å². The van der Waals surface area contributed by atoms with E-state index < -0.39 is 0 Å². The van der Waals surface area contributed by atoms with Crippen molar-refractivity contribution in [1.29, 1.82) is 0 Å². The molecular weight excluding hydrogens is 599 g/mol. The predicted octanol–water partition coefficient (Wildman–Crippen LogP) is 12.1. The Labute approximate surface area is 281 Å². The Kier molecular flexibility index (Phi) is 5.64. The van der Waals surface area contributed by atoms with Gasteiger partial charge in [-0.25, -0.2) is 9.69 Å². The Bertz CT molecular complexity index is 3020. The van der Waals surface area contributed by atoms with Crippen LogP contribution in [0.25, 0.3) is 92.2 Å². The molecule has 0 fully saturated rings. The van der Waals surface area contributed by atoms with Gasteiger partial charge in [0.2, 0.25) is 5.69 Å². The minimum Gasteiger partial charge on any atom is -0.320 e. The molecule has 10 rings (SSSR count). The first-order chi connectivity index (χ1) is 24.3. The zero-order valence-electron chi connectivity index (χ0n) is 26.2. The Hall–Kier alpha value is -7.08. The van der Waals surface area contributed by atoms with Gasteiger partial charge in [0.15, 0.2) is 5.69 Å². The summed E-state index contributed by atoms with van der Waals surface area (Å²) in [5, 5.41) is 6.78. The highest BCUT2D eigenvalue weighted by Crippen LogP contribution is 2.46. The van der Waals surface area contributed by atoms with Crippen LogP contribution < -0.4 is 0 Å². The molecule has 5 nitrogen and oxygen atoms in total. The maximum absolute atomic E-state index is 8.65. The second kappa shape index (κ2) is 10.2. The molecule has 0 unspecified atom stereocenters. The molecule has 0 aliphatic carbocycles. The lowest BCUT2D eigenvalue weighted by atomic mass is 10.1. The molecule has 3 aromatic heterocycles. The van der Waals surface area contributed by atoms with Gasteiger partial charge in [0.1, 0.15) is 0 Å². The summed E-state index contributed by atoms with van der Waals surface area (Å²) < 4.78 is 6.68. The maximum atomic E-state index is 8.65. The Morgan fingerprint density at radius 2 is 0.776 bits per heavy atom. The number of fused-ring (bicyclic) bond motifs is 10. The summed E-state index contributed by atoms with van der Waals surface area (Å²) >= 11 is 0. The van der Waals surface area contributed by atoms with Crippen LogP contribution in [0, 0.1) is 13.1 Å². The van der Waals surface area contributed by atoms with Crippen molar-refractivity contribution >= 4 is 76.8 Å². The number of hydrogen-bond donors (Lipinski definition) is 0. The van der Waals surface area contributed by atoms with Crippen LogP contribution in [0.5, 0.6) is 0 Å². The van der Waals surface area contributed by atoms with Gasteiger partial charge >= 0.3 is 0 Å². The van der Waals surface area contributed by atoms with Crippen LogP contribution in [0.2, 0.25) is 0 Å². The molecule has 0 bridgehead atoms. The largest absolute Gasteiger partial charge is 0.320 e. The van der Waals surface area contributed by atoms with E-state index in [0.717, 1.165) is 60.3 Å². The predicted molar refractivity (Wildman–Crippen MR) is 202 cm³/mol. The Morgan fingerprint density at radius 3 is 1.29 bits per heavy atom. The lowest BCUT2D eigenvalue weighted by Crippen LogP contribution is -2.00. The van der Waals surface area contributed by atoms with Crippen LogP contribution in [0.15, 0.2) is 152 Å². The number of aromatic nitrogens is 3. The fourth-order valence-corrected chi connectivity index (χ4v) is 7.92. The van der Waals surface area contributed by atoms with Gasteiger partial charge < -0.3 is 13.7 Å². The third-order valence-electron chi connectivity index (χ3n) is 9.84. The molecule has 0 aliphatic rings. The molecule has 0 saturated carbocycles. The van der Waals surface area contributed by atoms with Gasteiger partial charge in [-0.05, 0) is 60.7 Å². The summed E-state index contributed by atoms with van der Waals surface area (Å²) in [7, 11) is 0. The number of benzene rings is 7. The van der Waals surface area contributed by atoms with Crippen LogP contribution in [0.4, 0.5) is 11.4 Å². The van der Waals surface area contributed by atoms with Gasteiger partial charge in [-0.1, -0.05) is 91.0 Å². The van der Waals surface area contributed by atoms with Crippen molar-refractivity contribution < 1.29 is 0 Å². The summed E-state index contributed by atoms with van der Waals surface area (Å²) in [6, 6.07) is 52.2. The van der Waals surface area contributed by atoms with E-state index in [4.69, 9.17) is 13.1 Å². The molecule has 7 aromatic carbocycles. The van der Waals surface area contributed by atoms with Crippen molar-refractivity contribution in [3.05, 3.63) is 174 Å². The minimum absolute atomic E-state index is 0.479. The SMILES string of the molecule is [C-]#[N+]c1cc(-n2c3ccccc3c3ccccc32)c([N+]#[C-])c(-n2c3ccccc3c3c4c5ccccc5n(-c5ccccc5)c4ccc32)c1. The Balaban J connectivity index is 1.37. The molecule has 3 heterocycles. The highest BCUT2D eigenvalue weighted by Gasteiger charge is 2.24. The van der Waals surface area contributed by atoms with Crippen LogP contribution >= 0.6 is 0 Å². The van der Waals surface area contributed by atoms with E-state index in [1.165, 1.54) is 10.8 Å². The van der Waals surface area contributed by atoms with Crippen LogP contribution in [0.3, 0.4) is 0 Å². The number of para-hydroxylation sites is 5. The molecule has 0 spiro atoms. The molecule has 0 N–H and O–H groups in total. The standard InChI is InChI=1S/C44H25N5/c1-45-28-26-40(48-34-20-10-6-16-30(34)31-17-7-11-21-35(31)48)44(46-2)41(27-28)49-37-23-13-9-19-33(37)43-39(49)25-24-38-42(43)32-18-8-12-22-36(32)47(38)29-14-4-3-5-15-29/h3-27H. The average molecular weight is 624 g/mol. The first kappa shape index (κ1) is 27.1. The molecule has 0 aliphatic heterocycles. The van der Waals surface area contributed by atoms with E-state index in [1.807, 2.05) is 48.5 Å². The van der Waals surface area contributed by atoms with Gasteiger partial charge in [-0.2, -0.15) is 0 Å². The van der Waals surface area contributed by atoms with Gasteiger partial charge in [-0.3, -0.25) is 0 Å². The summed E-state index contributed by atoms with van der Waals surface area (Å²) in [5.74, 6) is 0. The van der Waals surface area contributed by atoms with Crippen molar-refractivity contribution in [2.45, 2.75) is 0 Å². The molecule has 49 heavy (non-hydrogen) atoms. The second-order valence-electron chi connectivity index (χ2n) is 12.3. The molecule has 0 radical (unpaired) electrons. The maximum Gasteiger partial charge on any atom is 0.231 e. The number of rotatable bonds is 3. The number of nitrogens with zero attached hydrogens (tertiary/aromatic N) is 5. The fourth-order valence-electron chi connectivity index (χ4n) is 7.92. The second-order valence-corrected chi connectivity index (χ2v) is 12.3. The molecular formula is C44H25N5.